The van der Waals surface area contributed by atoms with Gasteiger partial charge in [0.25, 0.3) is 5.56 Å². The summed E-state index contributed by atoms with van der Waals surface area (Å²) in [7, 11) is 2.98. The van der Waals surface area contributed by atoms with Crippen LogP contribution < -0.4 is 20.5 Å². The van der Waals surface area contributed by atoms with Crippen molar-refractivity contribution in [2.45, 2.75) is 18.9 Å². The highest BCUT2D eigenvalue weighted by Gasteiger charge is 2.36. The number of anilines is 1. The molecule has 0 aliphatic carbocycles. The fourth-order valence-corrected chi connectivity index (χ4v) is 3.38. The molecule has 0 radical (unpaired) electrons. The maximum absolute atomic E-state index is 14.4. The molecule has 1 aliphatic rings. The number of nitrogens with zero attached hydrogens (tertiary/aromatic N) is 2. The van der Waals surface area contributed by atoms with Crippen molar-refractivity contribution < 1.29 is 22.7 Å². The third-order valence-corrected chi connectivity index (χ3v) is 4.75. The van der Waals surface area contributed by atoms with Crippen LogP contribution in [0.1, 0.15) is 17.9 Å². The van der Waals surface area contributed by atoms with Gasteiger partial charge in [-0.15, -0.1) is 0 Å². The molecule has 1 aliphatic heterocycles. The van der Waals surface area contributed by atoms with Crippen LogP contribution in [0.15, 0.2) is 29.2 Å². The van der Waals surface area contributed by atoms with E-state index in [2.05, 4.69) is 5.32 Å². The van der Waals surface area contributed by atoms with Gasteiger partial charge in [-0.25, -0.2) is 13.2 Å². The standard InChI is InChI=1S/C19H20F3N3O3/c1-23-3-4-24-10-12(20)6-16(19(24)27)25-9-11(5-17(25)26)18-14(21)7-13(28-2)8-15(18)22/h6-8,10-11,23H,3-5,9H2,1-2H3/t11-/m0/s1. The summed E-state index contributed by atoms with van der Waals surface area (Å²) in [6.07, 6.45) is 0.872. The van der Waals surface area contributed by atoms with Gasteiger partial charge < -0.3 is 19.5 Å². The number of pyridine rings is 1. The van der Waals surface area contributed by atoms with Crippen LogP contribution in [0.4, 0.5) is 18.9 Å². The maximum Gasteiger partial charge on any atom is 0.274 e. The van der Waals surface area contributed by atoms with E-state index < -0.39 is 34.8 Å². The van der Waals surface area contributed by atoms with Crippen molar-refractivity contribution in [3.8, 4) is 5.75 Å². The monoisotopic (exact) mass is 395 g/mol. The number of benzene rings is 1. The SMILES string of the molecule is CNCCn1cc(F)cc(N2C[C@@H](c3c(F)cc(OC)cc3F)CC2=O)c1=O. The molecule has 1 amide bonds. The molecule has 0 bridgehead atoms. The van der Waals surface area contributed by atoms with Gasteiger partial charge in [0.05, 0.1) is 7.11 Å². The number of carbonyl (C=O) groups excluding carboxylic acids is 1. The number of ether oxygens (including phenoxy) is 1. The third kappa shape index (κ3) is 3.75. The highest BCUT2D eigenvalue weighted by Crippen LogP contribution is 2.35. The lowest BCUT2D eigenvalue weighted by Gasteiger charge is -2.18. The smallest absolute Gasteiger partial charge is 0.274 e. The van der Waals surface area contributed by atoms with Crippen LogP contribution in [-0.4, -0.2) is 37.7 Å². The van der Waals surface area contributed by atoms with Crippen LogP contribution in [0.5, 0.6) is 5.75 Å². The van der Waals surface area contributed by atoms with Crippen LogP contribution in [0.25, 0.3) is 0 Å². The minimum atomic E-state index is -0.831. The van der Waals surface area contributed by atoms with E-state index in [0.29, 0.717) is 6.54 Å². The molecule has 2 heterocycles. The Morgan fingerprint density at radius 3 is 2.46 bits per heavy atom. The number of amides is 1. The Morgan fingerprint density at radius 2 is 1.86 bits per heavy atom. The zero-order valence-corrected chi connectivity index (χ0v) is 15.5. The molecule has 1 atom stereocenters. The van der Waals surface area contributed by atoms with Crippen molar-refractivity contribution in [3.05, 3.63) is 57.8 Å². The minimum absolute atomic E-state index is 0.0254. The molecule has 0 unspecified atom stereocenters. The Labute approximate surface area is 159 Å². The molecule has 2 aromatic rings. The predicted molar refractivity (Wildman–Crippen MR) is 97.2 cm³/mol. The van der Waals surface area contributed by atoms with E-state index in [1.165, 1.54) is 7.11 Å². The first-order valence-electron chi connectivity index (χ1n) is 8.73. The zero-order valence-electron chi connectivity index (χ0n) is 15.5. The number of carbonyl (C=O) groups is 1. The van der Waals surface area contributed by atoms with Crippen molar-refractivity contribution in [1.29, 1.82) is 0 Å². The third-order valence-electron chi connectivity index (χ3n) is 4.75. The van der Waals surface area contributed by atoms with Crippen LogP contribution in [-0.2, 0) is 11.3 Å². The number of hydrogen-bond donors (Lipinski definition) is 1. The molecule has 1 aromatic carbocycles. The fourth-order valence-electron chi connectivity index (χ4n) is 3.38. The summed E-state index contributed by atoms with van der Waals surface area (Å²) in [5, 5.41) is 2.85. The number of halogens is 3. The normalized spacial score (nSPS) is 16.7. The molecule has 1 saturated heterocycles. The number of likely N-dealkylation sites (N-methyl/N-ethyl adjacent to an activating group) is 1. The van der Waals surface area contributed by atoms with Crippen molar-refractivity contribution in [2.75, 3.05) is 32.1 Å². The van der Waals surface area contributed by atoms with Gasteiger partial charge in [-0.05, 0) is 7.05 Å². The first-order valence-corrected chi connectivity index (χ1v) is 8.73. The van der Waals surface area contributed by atoms with Crippen molar-refractivity contribution in [3.63, 3.8) is 0 Å². The average molecular weight is 395 g/mol. The highest BCUT2D eigenvalue weighted by atomic mass is 19.1. The van der Waals surface area contributed by atoms with Gasteiger partial charge in [-0.3, -0.25) is 9.59 Å². The minimum Gasteiger partial charge on any atom is -0.497 e. The molecule has 3 rings (SSSR count). The lowest BCUT2D eigenvalue weighted by atomic mass is 9.97. The summed E-state index contributed by atoms with van der Waals surface area (Å²) in [5.41, 5.74) is -0.928. The van der Waals surface area contributed by atoms with Gasteiger partial charge in [-0.2, -0.15) is 0 Å². The molecular formula is C19H20F3N3O3. The van der Waals surface area contributed by atoms with Crippen LogP contribution in [0, 0.1) is 17.5 Å². The summed E-state index contributed by atoms with van der Waals surface area (Å²) < 4.78 is 48.7. The molecule has 28 heavy (non-hydrogen) atoms. The van der Waals surface area contributed by atoms with Crippen molar-refractivity contribution >= 4 is 11.6 Å². The van der Waals surface area contributed by atoms with Gasteiger partial charge in [0, 0.05) is 61.9 Å². The maximum atomic E-state index is 14.4. The Bertz CT molecular complexity index is 938. The van der Waals surface area contributed by atoms with E-state index in [4.69, 9.17) is 4.74 Å². The number of aromatic nitrogens is 1. The van der Waals surface area contributed by atoms with E-state index in [0.717, 1.165) is 33.9 Å². The Balaban J connectivity index is 1.94. The fraction of sp³-hybridized carbons (Fsp3) is 0.368. The quantitative estimate of drug-likeness (QED) is 0.813. The Morgan fingerprint density at radius 1 is 1.18 bits per heavy atom. The predicted octanol–water partition coefficient (Wildman–Crippen LogP) is 2.01. The molecule has 150 valence electrons. The lowest BCUT2D eigenvalue weighted by Crippen LogP contribution is -2.34. The Hall–Kier alpha value is -2.81. The van der Waals surface area contributed by atoms with Gasteiger partial charge in [-0.1, -0.05) is 0 Å². The van der Waals surface area contributed by atoms with E-state index in [-0.39, 0.29) is 36.5 Å². The molecule has 1 fully saturated rings. The summed E-state index contributed by atoms with van der Waals surface area (Å²) >= 11 is 0. The first kappa shape index (κ1) is 19.9. The lowest BCUT2D eigenvalue weighted by molar-refractivity contribution is -0.117. The second-order valence-electron chi connectivity index (χ2n) is 6.56. The second kappa shape index (κ2) is 8.05. The van der Waals surface area contributed by atoms with E-state index >= 15 is 0 Å². The van der Waals surface area contributed by atoms with Crippen LogP contribution >= 0.6 is 0 Å². The largest absolute Gasteiger partial charge is 0.497 e. The molecule has 1 N–H and O–H groups in total. The molecule has 9 heteroatoms. The topological polar surface area (TPSA) is 63.6 Å². The molecule has 6 nitrogen and oxygen atoms in total. The molecule has 1 aromatic heterocycles. The number of hydrogen-bond acceptors (Lipinski definition) is 4. The van der Waals surface area contributed by atoms with Gasteiger partial charge in [0.1, 0.15) is 28.9 Å². The van der Waals surface area contributed by atoms with E-state index in [1.54, 1.807) is 7.05 Å². The zero-order chi connectivity index (χ0) is 20.4. The van der Waals surface area contributed by atoms with E-state index in [9.17, 15) is 22.8 Å². The number of nitrogens with one attached hydrogen (secondary N) is 1. The summed E-state index contributed by atoms with van der Waals surface area (Å²) in [4.78, 5) is 26.2. The van der Waals surface area contributed by atoms with Gasteiger partial charge >= 0.3 is 0 Å². The first-order chi connectivity index (χ1) is 13.3. The average Bonchev–Trinajstić information content (AvgIpc) is 3.02. The Kier molecular flexibility index (Phi) is 5.73. The van der Waals surface area contributed by atoms with Crippen LogP contribution in [0.3, 0.4) is 0 Å². The van der Waals surface area contributed by atoms with Gasteiger partial charge in [0.15, 0.2) is 0 Å². The summed E-state index contributed by atoms with van der Waals surface area (Å²) in [6, 6.07) is 3.05. The van der Waals surface area contributed by atoms with E-state index in [1.807, 2.05) is 0 Å². The summed E-state index contributed by atoms with van der Waals surface area (Å²) in [6.45, 7) is 0.526. The van der Waals surface area contributed by atoms with Crippen molar-refractivity contribution in [2.24, 2.45) is 0 Å². The number of rotatable bonds is 6. The number of methoxy groups -OCH3 is 1. The van der Waals surface area contributed by atoms with Crippen LogP contribution in [0.2, 0.25) is 0 Å². The second-order valence-corrected chi connectivity index (χ2v) is 6.56. The molecular weight excluding hydrogens is 375 g/mol. The summed E-state index contributed by atoms with van der Waals surface area (Å²) in [5.74, 6) is -3.61. The van der Waals surface area contributed by atoms with Gasteiger partial charge in [0.2, 0.25) is 5.91 Å². The highest BCUT2D eigenvalue weighted by molar-refractivity contribution is 5.96. The molecule has 0 saturated carbocycles. The molecule has 0 spiro atoms. The van der Waals surface area contributed by atoms with Crippen molar-refractivity contribution in [1.82, 2.24) is 9.88 Å².